The number of thiophene rings is 2. The Hall–Kier alpha value is -2.43. The molecule has 1 aliphatic carbocycles. The number of allylic oxidation sites excluding steroid dienone is 1. The van der Waals surface area contributed by atoms with Gasteiger partial charge in [0, 0.05) is 27.2 Å². The first kappa shape index (κ1) is 25.7. The zero-order chi connectivity index (χ0) is 24.9. The molecule has 0 bridgehead atoms. The molecule has 0 spiro atoms. The van der Waals surface area contributed by atoms with E-state index in [2.05, 4.69) is 47.4 Å². The summed E-state index contributed by atoms with van der Waals surface area (Å²) in [4.78, 5) is 28.0. The van der Waals surface area contributed by atoms with E-state index in [9.17, 15) is 9.59 Å². The molecule has 7 nitrogen and oxygen atoms in total. The molecule has 0 aromatic carbocycles. The number of aryl methyl sites for hydroxylation is 1. The van der Waals surface area contributed by atoms with Crippen molar-refractivity contribution in [3.63, 3.8) is 0 Å². The third-order valence-corrected chi connectivity index (χ3v) is 9.12. The van der Waals surface area contributed by atoms with Gasteiger partial charge in [-0.15, -0.1) is 39.4 Å². The predicted octanol–water partition coefficient (Wildman–Crippen LogP) is 6.16. The van der Waals surface area contributed by atoms with Gasteiger partial charge in [-0.25, -0.2) is 4.79 Å². The molecule has 35 heavy (non-hydrogen) atoms. The summed E-state index contributed by atoms with van der Waals surface area (Å²) >= 11 is 4.53. The van der Waals surface area contributed by atoms with E-state index in [1.54, 1.807) is 24.3 Å². The number of nitrogens with one attached hydrogen (secondary N) is 1. The molecule has 4 rings (SSSR count). The summed E-state index contributed by atoms with van der Waals surface area (Å²) in [6, 6.07) is 2.15. The SMILES string of the molecule is C=CCn1c(SCC(=O)Nc2sc3c(c2C(=O)OCC)CCCC3)nnc1-c1csc(C(C)C)c1. The number of carbonyl (C=O) groups excluding carboxylic acids is 2. The van der Waals surface area contributed by atoms with Gasteiger partial charge in [-0.2, -0.15) is 0 Å². The number of thioether (sulfide) groups is 1. The van der Waals surface area contributed by atoms with Gasteiger partial charge in [-0.3, -0.25) is 9.36 Å². The number of amides is 1. The fourth-order valence-corrected chi connectivity index (χ4v) is 6.99. The van der Waals surface area contributed by atoms with Crippen molar-refractivity contribution in [1.29, 1.82) is 0 Å². The van der Waals surface area contributed by atoms with Crippen LogP contribution in [0.4, 0.5) is 5.00 Å². The van der Waals surface area contributed by atoms with Crippen molar-refractivity contribution in [3.05, 3.63) is 45.0 Å². The quantitative estimate of drug-likeness (QED) is 0.192. The molecule has 0 saturated carbocycles. The Kier molecular flexibility index (Phi) is 8.46. The van der Waals surface area contributed by atoms with Gasteiger partial charge < -0.3 is 10.1 Å². The first-order valence-corrected chi connectivity index (χ1v) is 14.5. The third kappa shape index (κ3) is 5.70. The van der Waals surface area contributed by atoms with E-state index in [0.29, 0.717) is 34.8 Å². The number of nitrogens with zero attached hydrogens (tertiary/aromatic N) is 3. The van der Waals surface area contributed by atoms with Crippen LogP contribution in [0, 0.1) is 0 Å². The van der Waals surface area contributed by atoms with Crippen LogP contribution in [0.3, 0.4) is 0 Å². The minimum atomic E-state index is -0.359. The summed E-state index contributed by atoms with van der Waals surface area (Å²) in [5.41, 5.74) is 2.59. The fraction of sp³-hybridized carbons (Fsp3) is 0.440. The van der Waals surface area contributed by atoms with Crippen LogP contribution in [0.5, 0.6) is 0 Å². The van der Waals surface area contributed by atoms with Crippen molar-refractivity contribution in [2.75, 3.05) is 17.7 Å². The summed E-state index contributed by atoms with van der Waals surface area (Å²) in [6.45, 7) is 10.8. The van der Waals surface area contributed by atoms with E-state index in [4.69, 9.17) is 4.74 Å². The number of ether oxygens (including phenoxy) is 1. The van der Waals surface area contributed by atoms with Crippen molar-refractivity contribution >= 4 is 51.3 Å². The lowest BCUT2D eigenvalue weighted by Gasteiger charge is -2.12. The molecule has 1 aliphatic rings. The molecule has 0 aliphatic heterocycles. The topological polar surface area (TPSA) is 86.1 Å². The first-order chi connectivity index (χ1) is 16.9. The van der Waals surface area contributed by atoms with Crippen LogP contribution >= 0.6 is 34.4 Å². The van der Waals surface area contributed by atoms with Gasteiger partial charge in [-0.1, -0.05) is 31.7 Å². The van der Waals surface area contributed by atoms with Crippen LogP contribution in [0.25, 0.3) is 11.4 Å². The molecule has 0 unspecified atom stereocenters. The van der Waals surface area contributed by atoms with Crippen LogP contribution < -0.4 is 5.32 Å². The smallest absolute Gasteiger partial charge is 0.341 e. The monoisotopic (exact) mass is 530 g/mol. The van der Waals surface area contributed by atoms with E-state index in [0.717, 1.165) is 42.6 Å². The first-order valence-electron chi connectivity index (χ1n) is 11.8. The largest absolute Gasteiger partial charge is 0.462 e. The van der Waals surface area contributed by atoms with E-state index < -0.39 is 0 Å². The lowest BCUT2D eigenvalue weighted by Crippen LogP contribution is -2.17. The number of esters is 1. The van der Waals surface area contributed by atoms with E-state index in [-0.39, 0.29) is 17.6 Å². The molecular weight excluding hydrogens is 501 g/mol. The summed E-state index contributed by atoms with van der Waals surface area (Å²) in [5, 5.41) is 15.1. The van der Waals surface area contributed by atoms with Gasteiger partial charge in [0.25, 0.3) is 0 Å². The number of hydrogen-bond donors (Lipinski definition) is 1. The lowest BCUT2D eigenvalue weighted by molar-refractivity contribution is -0.113. The van der Waals surface area contributed by atoms with Crippen LogP contribution in [0.15, 0.2) is 29.3 Å². The molecule has 3 aromatic rings. The number of hydrogen-bond acceptors (Lipinski definition) is 8. The molecule has 3 aromatic heterocycles. The molecule has 1 N–H and O–H groups in total. The molecule has 3 heterocycles. The average molecular weight is 531 g/mol. The number of aromatic nitrogens is 3. The van der Waals surface area contributed by atoms with Crippen LogP contribution in [0.2, 0.25) is 0 Å². The molecule has 0 fully saturated rings. The Balaban J connectivity index is 1.49. The summed E-state index contributed by atoms with van der Waals surface area (Å²) < 4.78 is 7.27. The lowest BCUT2D eigenvalue weighted by atomic mass is 9.95. The Morgan fingerprint density at radius 3 is 2.83 bits per heavy atom. The Morgan fingerprint density at radius 1 is 1.31 bits per heavy atom. The van der Waals surface area contributed by atoms with Crippen LogP contribution in [0.1, 0.15) is 65.2 Å². The minimum absolute atomic E-state index is 0.154. The van der Waals surface area contributed by atoms with Crippen molar-refractivity contribution < 1.29 is 14.3 Å². The summed E-state index contributed by atoms with van der Waals surface area (Å²) in [7, 11) is 0. The zero-order valence-electron chi connectivity index (χ0n) is 20.3. The third-order valence-electron chi connectivity index (χ3n) is 5.71. The van der Waals surface area contributed by atoms with E-state index >= 15 is 0 Å². The van der Waals surface area contributed by atoms with Gasteiger partial charge in [0.05, 0.1) is 17.9 Å². The molecule has 1 amide bonds. The second kappa shape index (κ2) is 11.5. The van der Waals surface area contributed by atoms with E-state index in [1.807, 2.05) is 4.57 Å². The van der Waals surface area contributed by atoms with Gasteiger partial charge >= 0.3 is 5.97 Å². The highest BCUT2D eigenvalue weighted by atomic mass is 32.2. The highest BCUT2D eigenvalue weighted by Crippen LogP contribution is 2.39. The van der Waals surface area contributed by atoms with Crippen molar-refractivity contribution in [1.82, 2.24) is 14.8 Å². The summed E-state index contributed by atoms with van der Waals surface area (Å²) in [5.74, 6) is 0.824. The number of fused-ring (bicyclic) bond motifs is 1. The van der Waals surface area contributed by atoms with E-state index in [1.165, 1.54) is 32.9 Å². The predicted molar refractivity (Wildman–Crippen MR) is 144 cm³/mol. The molecule has 0 radical (unpaired) electrons. The molecule has 186 valence electrons. The van der Waals surface area contributed by atoms with Crippen molar-refractivity contribution in [2.45, 2.75) is 64.1 Å². The molecule has 0 atom stereocenters. The number of rotatable bonds is 10. The van der Waals surface area contributed by atoms with Crippen LogP contribution in [-0.4, -0.2) is 39.0 Å². The maximum atomic E-state index is 12.9. The highest BCUT2D eigenvalue weighted by molar-refractivity contribution is 7.99. The average Bonchev–Trinajstić information content (AvgIpc) is 3.55. The van der Waals surface area contributed by atoms with Crippen molar-refractivity contribution in [2.24, 2.45) is 0 Å². The maximum Gasteiger partial charge on any atom is 0.341 e. The highest BCUT2D eigenvalue weighted by Gasteiger charge is 2.27. The molecular formula is C25H30N4O3S3. The standard InChI is InChI=1S/C25H30N4O3S3/c1-5-11-29-22(16-12-19(15(3)4)33-13-16)27-28-25(29)34-14-20(30)26-23-21(24(31)32-6-2)17-9-7-8-10-18(17)35-23/h5,12-13,15H,1,6-11,14H2,2-4H3,(H,26,30). The van der Waals surface area contributed by atoms with Gasteiger partial charge in [-0.05, 0) is 50.2 Å². The Morgan fingerprint density at radius 2 is 2.11 bits per heavy atom. The summed E-state index contributed by atoms with van der Waals surface area (Å²) in [6.07, 6.45) is 5.73. The normalized spacial score (nSPS) is 13.0. The second-order valence-electron chi connectivity index (χ2n) is 8.57. The van der Waals surface area contributed by atoms with Gasteiger partial charge in [0.15, 0.2) is 11.0 Å². The van der Waals surface area contributed by atoms with Crippen molar-refractivity contribution in [3.8, 4) is 11.4 Å². The minimum Gasteiger partial charge on any atom is -0.462 e. The molecule has 0 saturated heterocycles. The number of anilines is 1. The van der Waals surface area contributed by atoms with Crippen LogP contribution in [-0.2, 0) is 28.9 Å². The van der Waals surface area contributed by atoms with Gasteiger partial charge in [0.2, 0.25) is 5.91 Å². The molecule has 10 heteroatoms. The number of carbonyl (C=O) groups is 2. The Labute approximate surface area is 218 Å². The van der Waals surface area contributed by atoms with Gasteiger partial charge in [0.1, 0.15) is 5.00 Å². The Bertz CT molecular complexity index is 1220. The second-order valence-corrected chi connectivity index (χ2v) is 11.6. The maximum absolute atomic E-state index is 12.9. The fourth-order valence-electron chi connectivity index (χ4n) is 4.04. The zero-order valence-corrected chi connectivity index (χ0v) is 22.7.